The number of hydrogen-bond donors (Lipinski definition) is 1. The Kier molecular flexibility index (Phi) is 3.47. The SMILES string of the molecule is CC1CNC(=O)C(Cc2cn(-c3ccccn3)cn2)O1. The van der Waals surface area contributed by atoms with E-state index in [2.05, 4.69) is 15.3 Å². The fourth-order valence-corrected chi connectivity index (χ4v) is 2.18. The molecule has 1 N–H and O–H groups in total. The second-order valence-corrected chi connectivity index (χ2v) is 4.84. The Bertz CT molecular complexity index is 596. The number of nitrogens with one attached hydrogen (secondary N) is 1. The molecule has 6 nitrogen and oxygen atoms in total. The van der Waals surface area contributed by atoms with E-state index in [4.69, 9.17) is 4.74 Å². The van der Waals surface area contributed by atoms with Gasteiger partial charge in [0.05, 0.1) is 11.8 Å². The monoisotopic (exact) mass is 272 g/mol. The molecule has 0 aliphatic carbocycles. The summed E-state index contributed by atoms with van der Waals surface area (Å²) in [4.78, 5) is 20.3. The fourth-order valence-electron chi connectivity index (χ4n) is 2.18. The average Bonchev–Trinajstić information content (AvgIpc) is 2.92. The molecule has 1 fully saturated rings. The van der Waals surface area contributed by atoms with E-state index in [0.29, 0.717) is 13.0 Å². The Hall–Kier alpha value is -2.21. The topological polar surface area (TPSA) is 69.0 Å². The van der Waals surface area contributed by atoms with Crippen molar-refractivity contribution in [3.05, 3.63) is 42.6 Å². The number of aromatic nitrogens is 3. The molecule has 1 aliphatic rings. The number of rotatable bonds is 3. The predicted octanol–water partition coefficient (Wildman–Crippen LogP) is 0.713. The van der Waals surface area contributed by atoms with Crippen molar-refractivity contribution in [2.75, 3.05) is 6.54 Å². The van der Waals surface area contributed by atoms with Crippen LogP contribution in [0.5, 0.6) is 0 Å². The number of imidazole rings is 1. The highest BCUT2D eigenvalue weighted by Gasteiger charge is 2.27. The number of pyridine rings is 1. The average molecular weight is 272 g/mol. The molecule has 0 saturated carbocycles. The summed E-state index contributed by atoms with van der Waals surface area (Å²) in [6.45, 7) is 2.51. The molecule has 2 aromatic heterocycles. The lowest BCUT2D eigenvalue weighted by molar-refractivity contribution is -0.143. The maximum absolute atomic E-state index is 11.7. The van der Waals surface area contributed by atoms with Gasteiger partial charge in [0, 0.05) is 25.4 Å². The van der Waals surface area contributed by atoms with Gasteiger partial charge in [0.2, 0.25) is 5.91 Å². The first-order valence-electron chi connectivity index (χ1n) is 6.60. The van der Waals surface area contributed by atoms with E-state index in [1.54, 1.807) is 12.5 Å². The smallest absolute Gasteiger partial charge is 0.249 e. The minimum absolute atomic E-state index is 0.0376. The van der Waals surface area contributed by atoms with Gasteiger partial charge in [-0.15, -0.1) is 0 Å². The normalized spacial score (nSPS) is 22.6. The van der Waals surface area contributed by atoms with Crippen molar-refractivity contribution in [1.29, 1.82) is 0 Å². The molecule has 20 heavy (non-hydrogen) atoms. The summed E-state index contributed by atoms with van der Waals surface area (Å²) in [6, 6.07) is 5.68. The van der Waals surface area contributed by atoms with E-state index in [9.17, 15) is 4.79 Å². The zero-order chi connectivity index (χ0) is 13.9. The summed E-state index contributed by atoms with van der Waals surface area (Å²) >= 11 is 0. The molecule has 1 saturated heterocycles. The van der Waals surface area contributed by atoms with Gasteiger partial charge in [0.15, 0.2) is 0 Å². The van der Waals surface area contributed by atoms with Crippen LogP contribution in [0, 0.1) is 0 Å². The molecule has 2 unspecified atom stereocenters. The minimum atomic E-state index is -0.467. The molecule has 0 bridgehead atoms. The number of morpholine rings is 1. The van der Waals surface area contributed by atoms with E-state index in [-0.39, 0.29) is 12.0 Å². The maximum Gasteiger partial charge on any atom is 0.249 e. The van der Waals surface area contributed by atoms with Crippen molar-refractivity contribution in [2.24, 2.45) is 0 Å². The summed E-state index contributed by atoms with van der Waals surface area (Å²) in [7, 11) is 0. The number of hydrogen-bond acceptors (Lipinski definition) is 4. The summed E-state index contributed by atoms with van der Waals surface area (Å²) in [5.74, 6) is 0.726. The van der Waals surface area contributed by atoms with Crippen molar-refractivity contribution in [2.45, 2.75) is 25.6 Å². The quantitative estimate of drug-likeness (QED) is 0.893. The number of ether oxygens (including phenoxy) is 1. The third-order valence-corrected chi connectivity index (χ3v) is 3.20. The lowest BCUT2D eigenvalue weighted by atomic mass is 10.1. The molecule has 6 heteroatoms. The molecular formula is C14H16N4O2. The third kappa shape index (κ3) is 2.70. The zero-order valence-corrected chi connectivity index (χ0v) is 11.2. The molecule has 3 heterocycles. The van der Waals surface area contributed by atoms with E-state index in [0.717, 1.165) is 11.5 Å². The summed E-state index contributed by atoms with van der Waals surface area (Å²) in [5.41, 5.74) is 0.810. The van der Waals surface area contributed by atoms with Gasteiger partial charge in [0.25, 0.3) is 0 Å². The van der Waals surface area contributed by atoms with E-state index in [1.807, 2.05) is 35.9 Å². The first-order chi connectivity index (χ1) is 9.72. The number of carbonyl (C=O) groups excluding carboxylic acids is 1. The van der Waals surface area contributed by atoms with Crippen LogP contribution in [0.3, 0.4) is 0 Å². The van der Waals surface area contributed by atoms with Crippen LogP contribution in [-0.2, 0) is 16.0 Å². The number of carbonyl (C=O) groups is 1. The van der Waals surface area contributed by atoms with Crippen molar-refractivity contribution in [3.63, 3.8) is 0 Å². The Morgan fingerprint density at radius 2 is 2.35 bits per heavy atom. The summed E-state index contributed by atoms with van der Waals surface area (Å²) in [5, 5.41) is 2.83. The zero-order valence-electron chi connectivity index (χ0n) is 11.2. The number of nitrogens with zero attached hydrogens (tertiary/aromatic N) is 3. The Morgan fingerprint density at radius 1 is 1.45 bits per heavy atom. The second-order valence-electron chi connectivity index (χ2n) is 4.84. The van der Waals surface area contributed by atoms with Crippen molar-refractivity contribution >= 4 is 5.91 Å². The Labute approximate surface area is 116 Å². The van der Waals surface area contributed by atoms with Crippen LogP contribution < -0.4 is 5.32 Å². The van der Waals surface area contributed by atoms with Gasteiger partial charge in [-0.1, -0.05) is 6.07 Å². The van der Waals surface area contributed by atoms with E-state index >= 15 is 0 Å². The Balaban J connectivity index is 1.73. The third-order valence-electron chi connectivity index (χ3n) is 3.20. The van der Waals surface area contributed by atoms with Gasteiger partial charge in [-0.3, -0.25) is 9.36 Å². The van der Waals surface area contributed by atoms with Crippen LogP contribution in [0.25, 0.3) is 5.82 Å². The van der Waals surface area contributed by atoms with Crippen molar-refractivity contribution in [3.8, 4) is 5.82 Å². The molecular weight excluding hydrogens is 256 g/mol. The molecule has 0 spiro atoms. The molecule has 1 aliphatic heterocycles. The highest BCUT2D eigenvalue weighted by Crippen LogP contribution is 2.12. The van der Waals surface area contributed by atoms with Crippen LogP contribution in [0.2, 0.25) is 0 Å². The highest BCUT2D eigenvalue weighted by molar-refractivity contribution is 5.81. The molecule has 2 aromatic rings. The molecule has 1 amide bonds. The van der Waals surface area contributed by atoms with Crippen LogP contribution in [0.4, 0.5) is 0 Å². The van der Waals surface area contributed by atoms with Gasteiger partial charge in [0.1, 0.15) is 18.2 Å². The van der Waals surface area contributed by atoms with Gasteiger partial charge in [-0.2, -0.15) is 0 Å². The van der Waals surface area contributed by atoms with Crippen molar-refractivity contribution < 1.29 is 9.53 Å². The second kappa shape index (κ2) is 5.42. The van der Waals surface area contributed by atoms with Crippen LogP contribution >= 0.6 is 0 Å². The van der Waals surface area contributed by atoms with Crippen LogP contribution in [0.1, 0.15) is 12.6 Å². The van der Waals surface area contributed by atoms with Crippen molar-refractivity contribution in [1.82, 2.24) is 19.9 Å². The fraction of sp³-hybridized carbons (Fsp3) is 0.357. The summed E-state index contributed by atoms with van der Waals surface area (Å²) in [6.07, 6.45) is 5.34. The van der Waals surface area contributed by atoms with Gasteiger partial charge in [-0.25, -0.2) is 9.97 Å². The van der Waals surface area contributed by atoms with E-state index in [1.165, 1.54) is 0 Å². The standard InChI is InChI=1S/C14H16N4O2/c1-10-7-16-14(19)12(20-10)6-11-8-18(9-17-11)13-4-2-3-5-15-13/h2-5,8-10,12H,6-7H2,1H3,(H,16,19). The predicted molar refractivity (Wildman–Crippen MR) is 72.4 cm³/mol. The Morgan fingerprint density at radius 3 is 3.15 bits per heavy atom. The lowest BCUT2D eigenvalue weighted by Gasteiger charge is -2.27. The molecule has 3 rings (SSSR count). The van der Waals surface area contributed by atoms with Gasteiger partial charge >= 0.3 is 0 Å². The van der Waals surface area contributed by atoms with Crippen LogP contribution in [0.15, 0.2) is 36.9 Å². The van der Waals surface area contributed by atoms with Crippen LogP contribution in [-0.4, -0.2) is 39.2 Å². The number of amides is 1. The minimum Gasteiger partial charge on any atom is -0.363 e. The molecule has 0 aromatic carbocycles. The molecule has 0 radical (unpaired) electrons. The molecule has 104 valence electrons. The molecule has 2 atom stereocenters. The van der Waals surface area contributed by atoms with Gasteiger partial charge < -0.3 is 10.1 Å². The first kappa shape index (κ1) is 12.8. The maximum atomic E-state index is 11.7. The largest absolute Gasteiger partial charge is 0.363 e. The summed E-state index contributed by atoms with van der Waals surface area (Å²) < 4.78 is 7.47. The van der Waals surface area contributed by atoms with Gasteiger partial charge in [-0.05, 0) is 19.1 Å². The lowest BCUT2D eigenvalue weighted by Crippen LogP contribution is -2.49. The van der Waals surface area contributed by atoms with E-state index < -0.39 is 6.10 Å². The highest BCUT2D eigenvalue weighted by atomic mass is 16.5. The first-order valence-corrected chi connectivity index (χ1v) is 6.60.